The highest BCUT2D eigenvalue weighted by molar-refractivity contribution is 5.74. The van der Waals surface area contributed by atoms with E-state index in [1.54, 1.807) is 0 Å². The largest absolute Gasteiger partial charge is 0.358 e. The maximum atomic E-state index is 11.7. The predicted octanol–water partition coefficient (Wildman–Crippen LogP) is 5.42. The van der Waals surface area contributed by atoms with Gasteiger partial charge in [0.1, 0.15) is 6.33 Å². The number of anilines is 3. The zero-order valence-electron chi connectivity index (χ0n) is 16.1. The fraction of sp³-hybridized carbons (Fsp3) is 0.238. The fourth-order valence-corrected chi connectivity index (χ4v) is 2.87. The molecule has 1 aromatic heterocycles. The molecule has 0 saturated heterocycles. The molecule has 28 heavy (non-hydrogen) atoms. The molecule has 0 bridgehead atoms. The highest BCUT2D eigenvalue weighted by Gasteiger charge is 2.24. The number of nitrogens with one attached hydrogen (secondary N) is 2. The van der Waals surface area contributed by atoms with Crippen LogP contribution in [0.25, 0.3) is 0 Å². The molecule has 7 nitrogen and oxygen atoms in total. The maximum absolute atomic E-state index is 11.7. The molecule has 2 aromatic carbocycles. The average molecular weight is 377 g/mol. The monoisotopic (exact) mass is 377 g/mol. The van der Waals surface area contributed by atoms with Crippen molar-refractivity contribution in [2.24, 2.45) is 0 Å². The number of nitro groups is 1. The summed E-state index contributed by atoms with van der Waals surface area (Å²) >= 11 is 0. The SMILES string of the molecule is CC(C)c1ccc(Nc2ncnc(NC(C)c3ccccc3)c2[N+](=O)[O-])cc1. The Hall–Kier alpha value is -3.48. The molecule has 0 amide bonds. The van der Waals surface area contributed by atoms with Gasteiger partial charge in [0.05, 0.1) is 11.0 Å². The number of hydrogen-bond acceptors (Lipinski definition) is 6. The molecule has 3 rings (SSSR count). The Morgan fingerprint density at radius 1 is 0.893 bits per heavy atom. The van der Waals surface area contributed by atoms with Crippen molar-refractivity contribution in [3.8, 4) is 0 Å². The molecule has 3 aromatic rings. The summed E-state index contributed by atoms with van der Waals surface area (Å²) in [7, 11) is 0. The molecule has 0 radical (unpaired) electrons. The summed E-state index contributed by atoms with van der Waals surface area (Å²) in [6.45, 7) is 6.16. The number of nitrogens with zero attached hydrogens (tertiary/aromatic N) is 3. The van der Waals surface area contributed by atoms with Gasteiger partial charge >= 0.3 is 5.69 Å². The molecule has 144 valence electrons. The van der Waals surface area contributed by atoms with Gasteiger partial charge in [-0.15, -0.1) is 0 Å². The van der Waals surface area contributed by atoms with Crippen molar-refractivity contribution < 1.29 is 4.92 Å². The Bertz CT molecular complexity index is 943. The van der Waals surface area contributed by atoms with Gasteiger partial charge in [0, 0.05) is 5.69 Å². The van der Waals surface area contributed by atoms with E-state index in [-0.39, 0.29) is 23.4 Å². The fourth-order valence-electron chi connectivity index (χ4n) is 2.87. The van der Waals surface area contributed by atoms with Crippen LogP contribution >= 0.6 is 0 Å². The minimum absolute atomic E-state index is 0.145. The lowest BCUT2D eigenvalue weighted by Gasteiger charge is -2.16. The van der Waals surface area contributed by atoms with Gasteiger partial charge in [-0.05, 0) is 36.1 Å². The molecular formula is C21H23N5O2. The second-order valence-electron chi connectivity index (χ2n) is 6.86. The van der Waals surface area contributed by atoms with Gasteiger partial charge in [-0.3, -0.25) is 10.1 Å². The zero-order chi connectivity index (χ0) is 20.1. The van der Waals surface area contributed by atoms with Crippen LogP contribution in [0.1, 0.15) is 43.9 Å². The van der Waals surface area contributed by atoms with E-state index in [0.717, 1.165) is 11.3 Å². The smallest absolute Gasteiger partial charge is 0.353 e. The number of hydrogen-bond donors (Lipinski definition) is 2. The van der Waals surface area contributed by atoms with E-state index in [0.29, 0.717) is 5.92 Å². The van der Waals surface area contributed by atoms with Gasteiger partial charge in [-0.1, -0.05) is 56.3 Å². The summed E-state index contributed by atoms with van der Waals surface area (Å²) < 4.78 is 0. The highest BCUT2D eigenvalue weighted by Crippen LogP contribution is 2.33. The summed E-state index contributed by atoms with van der Waals surface area (Å²) in [4.78, 5) is 19.5. The van der Waals surface area contributed by atoms with E-state index in [4.69, 9.17) is 0 Å². The van der Waals surface area contributed by atoms with Crippen LogP contribution in [0.5, 0.6) is 0 Å². The first-order valence-corrected chi connectivity index (χ1v) is 9.13. The van der Waals surface area contributed by atoms with Crippen LogP contribution in [0, 0.1) is 10.1 Å². The van der Waals surface area contributed by atoms with Crippen LogP contribution < -0.4 is 10.6 Å². The number of benzene rings is 2. The topological polar surface area (TPSA) is 93.0 Å². The first-order chi connectivity index (χ1) is 13.5. The summed E-state index contributed by atoms with van der Waals surface area (Å²) in [6.07, 6.45) is 1.32. The molecule has 1 heterocycles. The summed E-state index contributed by atoms with van der Waals surface area (Å²) in [6, 6.07) is 17.3. The second kappa shape index (κ2) is 8.47. The van der Waals surface area contributed by atoms with Crippen molar-refractivity contribution in [2.75, 3.05) is 10.6 Å². The summed E-state index contributed by atoms with van der Waals surface area (Å²) in [5, 5.41) is 17.9. The Balaban J connectivity index is 1.88. The van der Waals surface area contributed by atoms with Crippen molar-refractivity contribution >= 4 is 23.0 Å². The molecule has 0 spiro atoms. The van der Waals surface area contributed by atoms with Crippen molar-refractivity contribution in [3.05, 3.63) is 82.2 Å². The number of rotatable bonds is 7. The quantitative estimate of drug-likeness (QED) is 0.421. The van der Waals surface area contributed by atoms with E-state index in [1.807, 2.05) is 61.5 Å². The lowest BCUT2D eigenvalue weighted by Crippen LogP contribution is -2.11. The maximum Gasteiger partial charge on any atom is 0.353 e. The Kier molecular flexibility index (Phi) is 5.84. The lowest BCUT2D eigenvalue weighted by atomic mass is 10.0. The molecule has 0 fully saturated rings. The standard InChI is InChI=1S/C21H23N5O2/c1-14(2)16-9-11-18(12-10-16)25-21-19(26(27)28)20(22-13-23-21)24-15(3)17-7-5-4-6-8-17/h4-15H,1-3H3,(H2,22,23,24,25). The van der Waals surface area contributed by atoms with Crippen LogP contribution in [0.2, 0.25) is 0 Å². The molecule has 7 heteroatoms. The zero-order valence-corrected chi connectivity index (χ0v) is 16.1. The Labute approximate surface area is 164 Å². The van der Waals surface area contributed by atoms with Crippen LogP contribution in [0.15, 0.2) is 60.9 Å². The van der Waals surface area contributed by atoms with Gasteiger partial charge in [-0.25, -0.2) is 9.97 Å². The van der Waals surface area contributed by atoms with E-state index in [2.05, 4.69) is 34.4 Å². The minimum Gasteiger partial charge on any atom is -0.358 e. The Morgan fingerprint density at radius 2 is 1.54 bits per heavy atom. The molecule has 1 unspecified atom stereocenters. The second-order valence-corrected chi connectivity index (χ2v) is 6.86. The number of aromatic nitrogens is 2. The van der Waals surface area contributed by atoms with Crippen LogP contribution in [0.4, 0.5) is 23.0 Å². The molecule has 0 saturated carbocycles. The van der Waals surface area contributed by atoms with E-state index >= 15 is 0 Å². The van der Waals surface area contributed by atoms with Crippen molar-refractivity contribution in [1.82, 2.24) is 9.97 Å². The normalized spacial score (nSPS) is 11.9. The molecule has 2 N–H and O–H groups in total. The highest BCUT2D eigenvalue weighted by atomic mass is 16.6. The van der Waals surface area contributed by atoms with E-state index in [9.17, 15) is 10.1 Å². The third-order valence-corrected chi connectivity index (χ3v) is 4.50. The average Bonchev–Trinajstić information content (AvgIpc) is 2.69. The predicted molar refractivity (Wildman–Crippen MR) is 111 cm³/mol. The molecular weight excluding hydrogens is 354 g/mol. The molecule has 0 aliphatic carbocycles. The van der Waals surface area contributed by atoms with E-state index < -0.39 is 4.92 Å². The molecule has 0 aliphatic heterocycles. The molecule has 0 aliphatic rings. The van der Waals surface area contributed by atoms with Crippen LogP contribution in [0.3, 0.4) is 0 Å². The van der Waals surface area contributed by atoms with Crippen molar-refractivity contribution in [1.29, 1.82) is 0 Å². The first-order valence-electron chi connectivity index (χ1n) is 9.13. The van der Waals surface area contributed by atoms with Crippen molar-refractivity contribution in [3.63, 3.8) is 0 Å². The van der Waals surface area contributed by atoms with Gasteiger partial charge in [0.15, 0.2) is 0 Å². The summed E-state index contributed by atoms with van der Waals surface area (Å²) in [5.41, 5.74) is 2.75. The molecule has 1 atom stereocenters. The first kappa shape index (κ1) is 19.3. The summed E-state index contributed by atoms with van der Waals surface area (Å²) in [5.74, 6) is 0.746. The van der Waals surface area contributed by atoms with Gasteiger partial charge in [0.2, 0.25) is 11.6 Å². The van der Waals surface area contributed by atoms with Gasteiger partial charge < -0.3 is 10.6 Å². The van der Waals surface area contributed by atoms with Crippen LogP contribution in [-0.2, 0) is 0 Å². The lowest BCUT2D eigenvalue weighted by molar-refractivity contribution is -0.383. The van der Waals surface area contributed by atoms with Gasteiger partial charge in [0.25, 0.3) is 0 Å². The minimum atomic E-state index is -0.467. The Morgan fingerprint density at radius 3 is 2.14 bits per heavy atom. The van der Waals surface area contributed by atoms with Crippen molar-refractivity contribution in [2.45, 2.75) is 32.7 Å². The third kappa shape index (κ3) is 4.43. The van der Waals surface area contributed by atoms with Gasteiger partial charge in [-0.2, -0.15) is 0 Å². The van der Waals surface area contributed by atoms with Crippen LogP contribution in [-0.4, -0.2) is 14.9 Å². The third-order valence-electron chi connectivity index (χ3n) is 4.50. The van der Waals surface area contributed by atoms with E-state index in [1.165, 1.54) is 11.9 Å².